The third-order valence-corrected chi connectivity index (χ3v) is 4.63. The van der Waals surface area contributed by atoms with Crippen LogP contribution in [0.1, 0.15) is 16.7 Å². The summed E-state index contributed by atoms with van der Waals surface area (Å²) >= 11 is 3.51. The van der Waals surface area contributed by atoms with Crippen molar-refractivity contribution in [2.45, 2.75) is 6.61 Å². The van der Waals surface area contributed by atoms with E-state index >= 15 is 0 Å². The molecule has 28 heavy (non-hydrogen) atoms. The summed E-state index contributed by atoms with van der Waals surface area (Å²) in [4.78, 5) is 0. The van der Waals surface area contributed by atoms with Crippen LogP contribution in [0, 0.1) is 17.1 Å². The summed E-state index contributed by atoms with van der Waals surface area (Å²) < 4.78 is 25.6. The molecule has 140 valence electrons. The lowest BCUT2D eigenvalue weighted by Crippen LogP contribution is -1.99. The summed E-state index contributed by atoms with van der Waals surface area (Å²) in [6.07, 6.45) is 1.68. The lowest BCUT2D eigenvalue weighted by Gasteiger charge is -2.14. The van der Waals surface area contributed by atoms with Gasteiger partial charge in [0.05, 0.1) is 23.2 Å². The Morgan fingerprint density at radius 2 is 1.89 bits per heavy atom. The van der Waals surface area contributed by atoms with E-state index in [1.54, 1.807) is 31.4 Å². The van der Waals surface area contributed by atoms with Gasteiger partial charge in [-0.3, -0.25) is 0 Å². The number of hydrogen-bond acceptors (Lipinski definition) is 3. The molecule has 0 saturated carbocycles. The van der Waals surface area contributed by atoms with Crippen LogP contribution >= 0.6 is 15.9 Å². The molecule has 5 heteroatoms. The van der Waals surface area contributed by atoms with E-state index in [1.807, 2.05) is 36.4 Å². The monoisotopic (exact) mass is 437 g/mol. The lowest BCUT2D eigenvalue weighted by atomic mass is 10.0. The van der Waals surface area contributed by atoms with E-state index < -0.39 is 0 Å². The average molecular weight is 438 g/mol. The molecule has 0 fully saturated rings. The number of rotatable bonds is 6. The van der Waals surface area contributed by atoms with Crippen LogP contribution in [0.15, 0.2) is 71.2 Å². The molecule has 0 atom stereocenters. The van der Waals surface area contributed by atoms with Gasteiger partial charge in [0.2, 0.25) is 0 Å². The Bertz CT molecular complexity index is 1040. The number of benzene rings is 3. The molecule has 3 rings (SSSR count). The summed E-state index contributed by atoms with van der Waals surface area (Å²) in [5.74, 6) is 0.725. The first-order valence-corrected chi connectivity index (χ1v) is 9.32. The third-order valence-electron chi connectivity index (χ3n) is 4.04. The molecule has 0 saturated heterocycles. The van der Waals surface area contributed by atoms with E-state index in [0.717, 1.165) is 11.1 Å². The fraction of sp³-hybridized carbons (Fsp3) is 0.0870. The maximum atomic E-state index is 13.5. The molecule has 0 aliphatic rings. The maximum Gasteiger partial charge on any atom is 0.175 e. The van der Waals surface area contributed by atoms with Crippen molar-refractivity contribution in [3.05, 3.63) is 93.7 Å². The van der Waals surface area contributed by atoms with Gasteiger partial charge < -0.3 is 9.47 Å². The van der Waals surface area contributed by atoms with E-state index in [1.165, 1.54) is 12.1 Å². The van der Waals surface area contributed by atoms with Gasteiger partial charge in [0.25, 0.3) is 0 Å². The second-order valence-electron chi connectivity index (χ2n) is 5.99. The minimum atomic E-state index is -0.387. The Kier molecular flexibility index (Phi) is 6.46. The van der Waals surface area contributed by atoms with Gasteiger partial charge in [0, 0.05) is 0 Å². The highest BCUT2D eigenvalue weighted by Crippen LogP contribution is 2.38. The zero-order chi connectivity index (χ0) is 19.9. The first-order chi connectivity index (χ1) is 13.6. The van der Waals surface area contributed by atoms with Crippen LogP contribution in [-0.2, 0) is 6.61 Å². The zero-order valence-electron chi connectivity index (χ0n) is 15.2. The molecule has 0 N–H and O–H groups in total. The summed E-state index contributed by atoms with van der Waals surface area (Å²) in [5, 5.41) is 9.48. The van der Waals surface area contributed by atoms with E-state index in [9.17, 15) is 9.65 Å². The van der Waals surface area contributed by atoms with E-state index in [4.69, 9.17) is 9.47 Å². The molecule has 3 nitrogen and oxygen atoms in total. The first-order valence-electron chi connectivity index (χ1n) is 8.52. The highest BCUT2D eigenvalue weighted by Gasteiger charge is 2.12. The topological polar surface area (TPSA) is 42.2 Å². The highest BCUT2D eigenvalue weighted by atomic mass is 79.9. The molecule has 0 aliphatic heterocycles. The number of hydrogen-bond donors (Lipinski definition) is 0. The third kappa shape index (κ3) is 4.79. The first kappa shape index (κ1) is 19.7. The van der Waals surface area contributed by atoms with Crippen LogP contribution in [0.2, 0.25) is 0 Å². The summed E-state index contributed by atoms with van der Waals surface area (Å²) in [7, 11) is 1.56. The number of halogens is 2. The van der Waals surface area contributed by atoms with E-state index in [0.29, 0.717) is 33.7 Å². The number of methoxy groups -OCH3 is 1. The number of nitrogens with zero attached hydrogens (tertiary/aromatic N) is 1. The largest absolute Gasteiger partial charge is 0.493 e. The molecule has 0 unspecified atom stereocenters. The van der Waals surface area contributed by atoms with Crippen molar-refractivity contribution in [3.63, 3.8) is 0 Å². The molecule has 0 aliphatic carbocycles. The van der Waals surface area contributed by atoms with Crippen molar-refractivity contribution in [1.29, 1.82) is 5.26 Å². The van der Waals surface area contributed by atoms with Gasteiger partial charge in [0.1, 0.15) is 12.4 Å². The van der Waals surface area contributed by atoms with Crippen LogP contribution in [-0.4, -0.2) is 7.11 Å². The second-order valence-corrected chi connectivity index (χ2v) is 6.84. The minimum Gasteiger partial charge on any atom is -0.493 e. The molecule has 0 radical (unpaired) electrons. The summed E-state index contributed by atoms with van der Waals surface area (Å²) in [6, 6.07) is 21.5. The number of ether oxygens (including phenoxy) is 2. The molecule has 0 heterocycles. The predicted octanol–water partition coefficient (Wildman–Crippen LogP) is 6.24. The Morgan fingerprint density at radius 1 is 1.11 bits per heavy atom. The van der Waals surface area contributed by atoms with Gasteiger partial charge in [0.15, 0.2) is 11.5 Å². The smallest absolute Gasteiger partial charge is 0.175 e. The van der Waals surface area contributed by atoms with Crippen molar-refractivity contribution in [3.8, 4) is 17.6 Å². The van der Waals surface area contributed by atoms with Crippen LogP contribution in [0.25, 0.3) is 11.6 Å². The second kappa shape index (κ2) is 9.20. The highest BCUT2D eigenvalue weighted by molar-refractivity contribution is 9.10. The van der Waals surface area contributed by atoms with E-state index in [2.05, 4.69) is 22.0 Å². The molecule has 3 aromatic rings. The van der Waals surface area contributed by atoms with Crippen molar-refractivity contribution < 1.29 is 13.9 Å². The predicted molar refractivity (Wildman–Crippen MR) is 111 cm³/mol. The van der Waals surface area contributed by atoms with Crippen LogP contribution in [0.4, 0.5) is 4.39 Å². The van der Waals surface area contributed by atoms with Crippen LogP contribution in [0.3, 0.4) is 0 Å². The quantitative estimate of drug-likeness (QED) is 0.338. The van der Waals surface area contributed by atoms with Crippen molar-refractivity contribution in [2.75, 3.05) is 7.11 Å². The SMILES string of the molecule is COc1cc(C=C(C#N)c2cccc(F)c2)cc(Br)c1OCc1ccccc1. The van der Waals surface area contributed by atoms with Gasteiger partial charge >= 0.3 is 0 Å². The van der Waals surface area contributed by atoms with Gasteiger partial charge in [-0.1, -0.05) is 42.5 Å². The lowest BCUT2D eigenvalue weighted by molar-refractivity contribution is 0.282. The normalized spacial score (nSPS) is 11.0. The van der Waals surface area contributed by atoms with Crippen LogP contribution < -0.4 is 9.47 Å². The zero-order valence-corrected chi connectivity index (χ0v) is 16.7. The molecule has 0 bridgehead atoms. The van der Waals surface area contributed by atoms with Gasteiger partial charge in [-0.25, -0.2) is 4.39 Å². The molecule has 3 aromatic carbocycles. The average Bonchev–Trinajstić information content (AvgIpc) is 2.71. The minimum absolute atomic E-state index is 0.353. The standard InChI is InChI=1S/C23H17BrFNO2/c1-27-22-12-17(10-19(14-26)18-8-5-9-20(25)13-18)11-21(24)23(22)28-15-16-6-3-2-4-7-16/h2-13H,15H2,1H3. The van der Waals surface area contributed by atoms with Crippen molar-refractivity contribution >= 4 is 27.6 Å². The molecule has 0 spiro atoms. The summed E-state index contributed by atoms with van der Waals surface area (Å²) in [6.45, 7) is 0.401. The van der Waals surface area contributed by atoms with Gasteiger partial charge in [-0.05, 0) is 63.0 Å². The Morgan fingerprint density at radius 3 is 2.57 bits per heavy atom. The van der Waals surface area contributed by atoms with Gasteiger partial charge in [-0.15, -0.1) is 0 Å². The number of allylic oxidation sites excluding steroid dienone is 1. The van der Waals surface area contributed by atoms with Crippen LogP contribution in [0.5, 0.6) is 11.5 Å². The fourth-order valence-corrected chi connectivity index (χ4v) is 3.27. The van der Waals surface area contributed by atoms with E-state index in [-0.39, 0.29) is 5.82 Å². The summed E-state index contributed by atoms with van der Waals surface area (Å²) in [5.41, 5.74) is 2.64. The fourth-order valence-electron chi connectivity index (χ4n) is 2.70. The Balaban J connectivity index is 1.91. The molecule has 0 amide bonds. The molecular weight excluding hydrogens is 421 g/mol. The molecular formula is C23H17BrFNO2. The Labute approximate surface area is 171 Å². The van der Waals surface area contributed by atoms with Gasteiger partial charge in [-0.2, -0.15) is 5.26 Å². The van der Waals surface area contributed by atoms with Crippen molar-refractivity contribution in [2.24, 2.45) is 0 Å². The molecule has 0 aromatic heterocycles. The van der Waals surface area contributed by atoms with Crippen molar-refractivity contribution in [1.82, 2.24) is 0 Å². The Hall–Kier alpha value is -3.10. The maximum absolute atomic E-state index is 13.5. The number of nitriles is 1.